The third-order valence-corrected chi connectivity index (χ3v) is 3.50. The summed E-state index contributed by atoms with van der Waals surface area (Å²) < 4.78 is 0. The number of hydrogen-bond donors (Lipinski definition) is 0. The summed E-state index contributed by atoms with van der Waals surface area (Å²) in [6.45, 7) is 3.84. The van der Waals surface area contributed by atoms with Gasteiger partial charge in [0, 0.05) is 7.05 Å². The Kier molecular flexibility index (Phi) is 3.68. The molecule has 0 bridgehead atoms. The minimum atomic E-state index is 0.406. The highest BCUT2D eigenvalue weighted by Gasteiger charge is 2.15. The van der Waals surface area contributed by atoms with Crippen LogP contribution in [0.25, 0.3) is 0 Å². The second-order valence-electron chi connectivity index (χ2n) is 4.25. The van der Waals surface area contributed by atoms with Crippen LogP contribution in [-0.4, -0.2) is 17.2 Å². The molecule has 0 aliphatic rings. The highest BCUT2D eigenvalue weighted by molar-refractivity contribution is 6.30. The van der Waals surface area contributed by atoms with Crippen molar-refractivity contribution in [2.75, 3.05) is 11.9 Å². The SMILES string of the molecule is Cc1c(Cl)nnc(N(C)c2ccccc2C#N)c1C. The number of benzene rings is 1. The Balaban J connectivity index is 2.54. The molecule has 5 heteroatoms. The standard InChI is InChI=1S/C14H13ClN4/c1-9-10(2)14(18-17-13(9)15)19(3)12-7-5-4-6-11(12)8-16/h4-7H,1-3H3. The van der Waals surface area contributed by atoms with Crippen LogP contribution in [0, 0.1) is 25.2 Å². The van der Waals surface area contributed by atoms with E-state index in [1.165, 1.54) is 0 Å². The molecule has 0 radical (unpaired) electrons. The van der Waals surface area contributed by atoms with E-state index in [9.17, 15) is 0 Å². The summed E-state index contributed by atoms with van der Waals surface area (Å²) in [5.41, 5.74) is 3.24. The molecule has 2 rings (SSSR count). The molecule has 4 nitrogen and oxygen atoms in total. The Morgan fingerprint density at radius 2 is 1.84 bits per heavy atom. The fourth-order valence-electron chi connectivity index (χ4n) is 1.86. The van der Waals surface area contributed by atoms with Gasteiger partial charge in [-0.3, -0.25) is 0 Å². The number of rotatable bonds is 2. The molecule has 96 valence electrons. The van der Waals surface area contributed by atoms with Crippen molar-refractivity contribution in [3.8, 4) is 6.07 Å². The van der Waals surface area contributed by atoms with Crippen LogP contribution in [0.1, 0.15) is 16.7 Å². The van der Waals surface area contributed by atoms with Crippen LogP contribution < -0.4 is 4.90 Å². The highest BCUT2D eigenvalue weighted by atomic mass is 35.5. The number of nitriles is 1. The van der Waals surface area contributed by atoms with Crippen LogP contribution >= 0.6 is 11.6 Å². The number of para-hydroxylation sites is 1. The van der Waals surface area contributed by atoms with Gasteiger partial charge in [-0.15, -0.1) is 10.2 Å². The first kappa shape index (κ1) is 13.3. The van der Waals surface area contributed by atoms with E-state index in [2.05, 4.69) is 16.3 Å². The van der Waals surface area contributed by atoms with Crippen molar-refractivity contribution in [1.29, 1.82) is 5.26 Å². The van der Waals surface area contributed by atoms with Crippen LogP contribution in [0.2, 0.25) is 5.15 Å². The first-order valence-corrected chi connectivity index (χ1v) is 6.16. The zero-order valence-corrected chi connectivity index (χ0v) is 11.7. The number of halogens is 1. The van der Waals surface area contributed by atoms with Crippen molar-refractivity contribution >= 4 is 23.1 Å². The average molecular weight is 273 g/mol. The van der Waals surface area contributed by atoms with Crippen LogP contribution in [0.3, 0.4) is 0 Å². The predicted molar refractivity (Wildman–Crippen MR) is 75.7 cm³/mol. The van der Waals surface area contributed by atoms with E-state index in [4.69, 9.17) is 16.9 Å². The smallest absolute Gasteiger partial charge is 0.158 e. The van der Waals surface area contributed by atoms with E-state index < -0.39 is 0 Å². The Bertz CT molecular complexity index is 661. The molecular formula is C14H13ClN4. The van der Waals surface area contributed by atoms with E-state index in [1.54, 1.807) is 6.07 Å². The van der Waals surface area contributed by atoms with Crippen molar-refractivity contribution < 1.29 is 0 Å². The average Bonchev–Trinajstić information content (AvgIpc) is 2.44. The molecule has 0 amide bonds. The van der Waals surface area contributed by atoms with Gasteiger partial charge in [-0.05, 0) is 37.1 Å². The summed E-state index contributed by atoms with van der Waals surface area (Å²) in [5, 5.41) is 17.6. The molecule has 0 spiro atoms. The summed E-state index contributed by atoms with van der Waals surface area (Å²) in [7, 11) is 1.86. The van der Waals surface area contributed by atoms with Gasteiger partial charge >= 0.3 is 0 Å². The van der Waals surface area contributed by atoms with E-state index in [0.717, 1.165) is 16.8 Å². The first-order valence-electron chi connectivity index (χ1n) is 5.78. The zero-order chi connectivity index (χ0) is 14.0. The van der Waals surface area contributed by atoms with Crippen molar-refractivity contribution in [3.63, 3.8) is 0 Å². The minimum Gasteiger partial charge on any atom is -0.327 e. The lowest BCUT2D eigenvalue weighted by Crippen LogP contribution is -2.15. The van der Waals surface area contributed by atoms with Crippen LogP contribution in [-0.2, 0) is 0 Å². The minimum absolute atomic E-state index is 0.406. The molecule has 1 aromatic carbocycles. The second-order valence-corrected chi connectivity index (χ2v) is 4.61. The molecular weight excluding hydrogens is 260 g/mol. The molecule has 1 aromatic heterocycles. The van der Waals surface area contributed by atoms with Gasteiger partial charge in [0.1, 0.15) is 6.07 Å². The molecule has 0 aliphatic heterocycles. The van der Waals surface area contributed by atoms with Crippen molar-refractivity contribution in [3.05, 3.63) is 46.1 Å². The van der Waals surface area contributed by atoms with Gasteiger partial charge < -0.3 is 4.90 Å². The van der Waals surface area contributed by atoms with Crippen molar-refractivity contribution in [2.24, 2.45) is 0 Å². The number of hydrogen-bond acceptors (Lipinski definition) is 4. The quantitative estimate of drug-likeness (QED) is 0.841. The maximum Gasteiger partial charge on any atom is 0.158 e. The lowest BCUT2D eigenvalue weighted by atomic mass is 10.1. The molecule has 0 fully saturated rings. The van der Waals surface area contributed by atoms with Gasteiger partial charge in [0.2, 0.25) is 0 Å². The lowest BCUT2D eigenvalue weighted by Gasteiger charge is -2.21. The summed E-state index contributed by atoms with van der Waals surface area (Å²) in [6, 6.07) is 9.55. The van der Waals surface area contributed by atoms with Crippen LogP contribution in [0.5, 0.6) is 0 Å². The molecule has 0 saturated carbocycles. The maximum atomic E-state index is 9.15. The number of aromatic nitrogens is 2. The Morgan fingerprint density at radius 3 is 2.53 bits per heavy atom. The molecule has 0 unspecified atom stereocenters. The molecule has 0 N–H and O–H groups in total. The predicted octanol–water partition coefficient (Wildman–Crippen LogP) is 3.39. The summed E-state index contributed by atoms with van der Waals surface area (Å²) >= 11 is 5.95. The zero-order valence-electron chi connectivity index (χ0n) is 11.0. The molecule has 1 heterocycles. The van der Waals surface area contributed by atoms with Gasteiger partial charge in [0.25, 0.3) is 0 Å². The van der Waals surface area contributed by atoms with Crippen LogP contribution in [0.15, 0.2) is 24.3 Å². The molecule has 2 aromatic rings. The third-order valence-electron chi connectivity index (χ3n) is 3.14. The van der Waals surface area contributed by atoms with Gasteiger partial charge in [-0.2, -0.15) is 5.26 Å². The van der Waals surface area contributed by atoms with Gasteiger partial charge in [-0.1, -0.05) is 23.7 Å². The Morgan fingerprint density at radius 1 is 1.16 bits per heavy atom. The van der Waals surface area contributed by atoms with E-state index in [0.29, 0.717) is 16.5 Å². The summed E-state index contributed by atoms with van der Waals surface area (Å²) in [5.74, 6) is 0.699. The monoisotopic (exact) mass is 272 g/mol. The van der Waals surface area contributed by atoms with E-state index in [1.807, 2.05) is 44.0 Å². The number of anilines is 2. The number of nitrogens with zero attached hydrogens (tertiary/aromatic N) is 4. The van der Waals surface area contributed by atoms with Crippen molar-refractivity contribution in [2.45, 2.75) is 13.8 Å². The van der Waals surface area contributed by atoms with Gasteiger partial charge in [0.05, 0.1) is 11.3 Å². The van der Waals surface area contributed by atoms with Crippen molar-refractivity contribution in [1.82, 2.24) is 10.2 Å². The van der Waals surface area contributed by atoms with Crippen LogP contribution in [0.4, 0.5) is 11.5 Å². The molecule has 0 atom stereocenters. The first-order chi connectivity index (χ1) is 9.06. The fourth-order valence-corrected chi connectivity index (χ4v) is 2.04. The Hall–Kier alpha value is -2.12. The Labute approximate surface area is 117 Å². The molecule has 0 aliphatic carbocycles. The topological polar surface area (TPSA) is 52.8 Å². The fraction of sp³-hybridized carbons (Fsp3) is 0.214. The van der Waals surface area contributed by atoms with E-state index >= 15 is 0 Å². The van der Waals surface area contributed by atoms with E-state index in [-0.39, 0.29) is 0 Å². The normalized spacial score (nSPS) is 10.1. The third kappa shape index (κ3) is 2.38. The lowest BCUT2D eigenvalue weighted by molar-refractivity contribution is 0.957. The largest absolute Gasteiger partial charge is 0.327 e. The summed E-state index contributed by atoms with van der Waals surface area (Å²) in [4.78, 5) is 1.85. The van der Waals surface area contributed by atoms with Gasteiger partial charge in [0.15, 0.2) is 11.0 Å². The summed E-state index contributed by atoms with van der Waals surface area (Å²) in [6.07, 6.45) is 0. The molecule has 19 heavy (non-hydrogen) atoms. The second kappa shape index (κ2) is 5.25. The highest BCUT2D eigenvalue weighted by Crippen LogP contribution is 2.29. The molecule has 0 saturated heterocycles. The van der Waals surface area contributed by atoms with Gasteiger partial charge in [-0.25, -0.2) is 0 Å². The maximum absolute atomic E-state index is 9.15.